The summed E-state index contributed by atoms with van der Waals surface area (Å²) >= 11 is 13.0. The maximum Gasteiger partial charge on any atom is 0.349 e. The maximum absolute atomic E-state index is 13.8. The van der Waals surface area contributed by atoms with Gasteiger partial charge in [0.25, 0.3) is 0 Å². The minimum absolute atomic E-state index is 0.217. The van der Waals surface area contributed by atoms with E-state index in [1.54, 1.807) is 30.3 Å². The Bertz CT molecular complexity index is 911. The number of benzene rings is 2. The zero-order valence-corrected chi connectivity index (χ0v) is 14.4. The highest BCUT2D eigenvalue weighted by Gasteiger charge is 2.11. The molecule has 122 valence electrons. The molecule has 0 radical (unpaired) electrons. The Morgan fingerprint density at radius 3 is 2.54 bits per heavy atom. The third-order valence-corrected chi connectivity index (χ3v) is 4.63. The number of halogens is 3. The van der Waals surface area contributed by atoms with Crippen LogP contribution in [0.15, 0.2) is 52.4 Å². The van der Waals surface area contributed by atoms with Crippen LogP contribution < -0.4 is 5.69 Å². The summed E-state index contributed by atoms with van der Waals surface area (Å²) < 4.78 is 13.8. The molecular formula is C16H10Cl2FN3OS. The molecule has 4 nitrogen and oxygen atoms in total. The highest BCUT2D eigenvalue weighted by Crippen LogP contribution is 2.27. The molecule has 24 heavy (non-hydrogen) atoms. The molecule has 3 rings (SSSR count). The first-order valence-corrected chi connectivity index (χ1v) is 8.57. The summed E-state index contributed by atoms with van der Waals surface area (Å²) in [6.07, 6.45) is 0. The third-order valence-electron chi connectivity index (χ3n) is 3.15. The molecular weight excluding hydrogens is 372 g/mol. The Balaban J connectivity index is 1.87. The number of hydrogen-bond acceptors (Lipinski definition) is 4. The van der Waals surface area contributed by atoms with Crippen molar-refractivity contribution in [1.29, 1.82) is 0 Å². The van der Waals surface area contributed by atoms with E-state index in [-0.39, 0.29) is 10.9 Å². The van der Waals surface area contributed by atoms with Gasteiger partial charge < -0.3 is 0 Å². The largest absolute Gasteiger partial charge is 0.349 e. The van der Waals surface area contributed by atoms with Crippen LogP contribution in [0.1, 0.15) is 5.56 Å². The SMILES string of the molecule is O=c1nc(SCc2c(F)cccc2Cl)nc(-c2ccc(Cl)cc2)[nH]1. The molecule has 3 aromatic rings. The summed E-state index contributed by atoms with van der Waals surface area (Å²) in [4.78, 5) is 22.4. The van der Waals surface area contributed by atoms with Crippen LogP contribution in [0.4, 0.5) is 4.39 Å². The molecule has 1 N–H and O–H groups in total. The van der Waals surface area contributed by atoms with Crippen molar-refractivity contribution in [2.45, 2.75) is 10.9 Å². The maximum atomic E-state index is 13.8. The number of H-pyrrole nitrogens is 1. The number of nitrogens with one attached hydrogen (secondary N) is 1. The first kappa shape index (κ1) is 17.0. The van der Waals surface area contributed by atoms with Crippen molar-refractivity contribution in [2.24, 2.45) is 0 Å². The first-order valence-electron chi connectivity index (χ1n) is 6.83. The van der Waals surface area contributed by atoms with E-state index in [0.29, 0.717) is 27.0 Å². The van der Waals surface area contributed by atoms with Gasteiger partial charge in [-0.15, -0.1) is 0 Å². The molecule has 1 heterocycles. The molecule has 0 fully saturated rings. The molecule has 0 saturated carbocycles. The molecule has 0 atom stereocenters. The lowest BCUT2D eigenvalue weighted by Gasteiger charge is -2.06. The minimum Gasteiger partial charge on any atom is -0.290 e. The lowest BCUT2D eigenvalue weighted by molar-refractivity contribution is 0.617. The van der Waals surface area contributed by atoms with E-state index in [1.165, 1.54) is 12.1 Å². The van der Waals surface area contributed by atoms with Gasteiger partial charge in [-0.2, -0.15) is 4.98 Å². The fourth-order valence-electron chi connectivity index (χ4n) is 1.98. The molecule has 0 aliphatic heterocycles. The van der Waals surface area contributed by atoms with Gasteiger partial charge >= 0.3 is 5.69 Å². The predicted molar refractivity (Wildman–Crippen MR) is 94.1 cm³/mol. The number of nitrogens with zero attached hydrogens (tertiary/aromatic N) is 2. The predicted octanol–water partition coefficient (Wildman–Crippen LogP) is 4.57. The Morgan fingerprint density at radius 2 is 1.83 bits per heavy atom. The van der Waals surface area contributed by atoms with Gasteiger partial charge in [-0.25, -0.2) is 14.2 Å². The van der Waals surface area contributed by atoms with Crippen LogP contribution in [0.3, 0.4) is 0 Å². The van der Waals surface area contributed by atoms with Crippen LogP contribution >= 0.6 is 35.0 Å². The lowest BCUT2D eigenvalue weighted by Crippen LogP contribution is -2.14. The van der Waals surface area contributed by atoms with Gasteiger partial charge in [0.15, 0.2) is 5.16 Å². The van der Waals surface area contributed by atoms with E-state index in [1.807, 2.05) is 0 Å². The molecule has 2 aromatic carbocycles. The van der Waals surface area contributed by atoms with E-state index in [9.17, 15) is 9.18 Å². The Kier molecular flexibility index (Phi) is 5.18. The summed E-state index contributed by atoms with van der Waals surface area (Å²) in [6.45, 7) is 0. The minimum atomic E-state index is -0.530. The molecule has 0 saturated heterocycles. The van der Waals surface area contributed by atoms with E-state index < -0.39 is 11.5 Å². The van der Waals surface area contributed by atoms with Crippen LogP contribution in [-0.4, -0.2) is 15.0 Å². The van der Waals surface area contributed by atoms with Crippen molar-refractivity contribution in [3.05, 3.63) is 74.4 Å². The molecule has 8 heteroatoms. The number of rotatable bonds is 4. The standard InChI is InChI=1S/C16H10Cl2FN3OS/c17-10-6-4-9(5-7-10)14-20-15(23)22-16(21-14)24-8-11-12(18)2-1-3-13(11)19/h1-7H,8H2,(H,20,21,22,23). The van der Waals surface area contributed by atoms with Crippen molar-refractivity contribution in [3.63, 3.8) is 0 Å². The molecule has 0 spiro atoms. The molecule has 0 aliphatic rings. The second-order valence-electron chi connectivity index (χ2n) is 4.78. The van der Waals surface area contributed by atoms with E-state index in [4.69, 9.17) is 23.2 Å². The highest BCUT2D eigenvalue weighted by molar-refractivity contribution is 7.98. The zero-order valence-electron chi connectivity index (χ0n) is 12.1. The average Bonchev–Trinajstić information content (AvgIpc) is 2.54. The molecule has 0 unspecified atom stereocenters. The van der Waals surface area contributed by atoms with Gasteiger partial charge in [0.05, 0.1) is 0 Å². The first-order chi connectivity index (χ1) is 11.5. The average molecular weight is 382 g/mol. The Morgan fingerprint density at radius 1 is 1.08 bits per heavy atom. The number of aromatic amines is 1. The summed E-state index contributed by atoms with van der Waals surface area (Å²) in [5, 5.41) is 1.15. The third kappa shape index (κ3) is 3.95. The smallest absolute Gasteiger partial charge is 0.290 e. The van der Waals surface area contributed by atoms with Crippen LogP contribution in [-0.2, 0) is 5.75 Å². The monoisotopic (exact) mass is 381 g/mol. The van der Waals surface area contributed by atoms with Crippen LogP contribution in [0, 0.1) is 5.82 Å². The number of thioether (sulfide) groups is 1. The van der Waals surface area contributed by atoms with Gasteiger partial charge in [0.2, 0.25) is 0 Å². The molecule has 0 aliphatic carbocycles. The van der Waals surface area contributed by atoms with Crippen LogP contribution in [0.25, 0.3) is 11.4 Å². The summed E-state index contributed by atoms with van der Waals surface area (Å²) in [5.74, 6) is 0.182. The quantitative estimate of drug-likeness (QED) is 0.672. The van der Waals surface area contributed by atoms with Crippen molar-refractivity contribution < 1.29 is 4.39 Å². The molecule has 0 bridgehead atoms. The zero-order chi connectivity index (χ0) is 17.1. The van der Waals surface area contributed by atoms with Gasteiger partial charge in [0, 0.05) is 26.9 Å². The summed E-state index contributed by atoms with van der Waals surface area (Å²) in [5.41, 5.74) is 0.517. The van der Waals surface area contributed by atoms with E-state index in [2.05, 4.69) is 15.0 Å². The van der Waals surface area contributed by atoms with Crippen molar-refractivity contribution in [1.82, 2.24) is 15.0 Å². The van der Waals surface area contributed by atoms with Gasteiger partial charge in [0.1, 0.15) is 11.6 Å². The topological polar surface area (TPSA) is 58.6 Å². The summed E-state index contributed by atoms with van der Waals surface area (Å²) in [7, 11) is 0. The van der Waals surface area contributed by atoms with Crippen LogP contribution in [0.5, 0.6) is 0 Å². The molecule has 0 amide bonds. The van der Waals surface area contributed by atoms with Gasteiger partial charge in [-0.1, -0.05) is 41.0 Å². The Labute approximate surface area is 151 Å². The van der Waals surface area contributed by atoms with Crippen molar-refractivity contribution >= 4 is 35.0 Å². The van der Waals surface area contributed by atoms with Crippen molar-refractivity contribution in [3.8, 4) is 11.4 Å². The fourth-order valence-corrected chi connectivity index (χ4v) is 3.29. The molecule has 1 aromatic heterocycles. The fraction of sp³-hybridized carbons (Fsp3) is 0.0625. The van der Waals surface area contributed by atoms with E-state index in [0.717, 1.165) is 11.8 Å². The van der Waals surface area contributed by atoms with Gasteiger partial charge in [-0.3, -0.25) is 4.98 Å². The second-order valence-corrected chi connectivity index (χ2v) is 6.57. The normalized spacial score (nSPS) is 10.8. The summed E-state index contributed by atoms with van der Waals surface area (Å²) in [6, 6.07) is 11.4. The van der Waals surface area contributed by atoms with E-state index >= 15 is 0 Å². The lowest BCUT2D eigenvalue weighted by atomic mass is 10.2. The highest BCUT2D eigenvalue weighted by atomic mass is 35.5. The second kappa shape index (κ2) is 7.34. The van der Waals surface area contributed by atoms with Crippen molar-refractivity contribution in [2.75, 3.05) is 0 Å². The number of aromatic nitrogens is 3. The van der Waals surface area contributed by atoms with Crippen LogP contribution in [0.2, 0.25) is 10.0 Å². The number of hydrogen-bond donors (Lipinski definition) is 1. The van der Waals surface area contributed by atoms with Gasteiger partial charge in [-0.05, 0) is 36.4 Å². The Hall–Kier alpha value is -1.89.